The predicted molar refractivity (Wildman–Crippen MR) is 66.7 cm³/mol. The van der Waals surface area contributed by atoms with Crippen LogP contribution in [0.2, 0.25) is 0 Å². The smallest absolute Gasteiger partial charge is 0.254 e. The number of rotatable bonds is 1. The van der Waals surface area contributed by atoms with Crippen molar-refractivity contribution in [2.45, 2.75) is 18.6 Å². The molecule has 2 aliphatic heterocycles. The van der Waals surface area contributed by atoms with Crippen LogP contribution in [0.15, 0.2) is 18.2 Å². The first-order valence-electron chi connectivity index (χ1n) is 6.13. The Labute approximate surface area is 109 Å². The quantitative estimate of drug-likeness (QED) is 0.628. The number of nitrogens with one attached hydrogen (secondary N) is 1. The van der Waals surface area contributed by atoms with Crippen molar-refractivity contribution in [3.63, 3.8) is 0 Å². The lowest BCUT2D eigenvalue weighted by atomic mass is 10.1. The van der Waals surface area contributed by atoms with Crippen LogP contribution in [0.5, 0.6) is 0 Å². The Balaban J connectivity index is 1.82. The summed E-state index contributed by atoms with van der Waals surface area (Å²) in [6.45, 7) is 0.257. The summed E-state index contributed by atoms with van der Waals surface area (Å²) in [4.78, 5) is 24.9. The van der Waals surface area contributed by atoms with Crippen molar-refractivity contribution in [2.24, 2.45) is 0 Å². The Morgan fingerprint density at radius 1 is 1.26 bits per heavy atom. The summed E-state index contributed by atoms with van der Waals surface area (Å²) >= 11 is 0. The first-order chi connectivity index (χ1) is 9.04. The van der Waals surface area contributed by atoms with Gasteiger partial charge in [0.15, 0.2) is 0 Å². The molecule has 3 rings (SSSR count). The Bertz CT molecular complexity index is 548. The molecule has 100 valence electrons. The number of carbonyl (C=O) groups excluding carboxylic acids is 2. The third kappa shape index (κ3) is 2.09. The summed E-state index contributed by atoms with van der Waals surface area (Å²) in [7, 11) is 0. The molecule has 2 atom stereocenters. The van der Waals surface area contributed by atoms with E-state index < -0.39 is 12.2 Å². The van der Waals surface area contributed by atoms with Crippen LogP contribution in [0.4, 0.5) is 5.69 Å². The van der Waals surface area contributed by atoms with Crippen LogP contribution < -0.4 is 5.32 Å². The number of aliphatic hydroxyl groups excluding tert-OH is 2. The van der Waals surface area contributed by atoms with Crippen LogP contribution in [-0.4, -0.2) is 52.2 Å². The van der Waals surface area contributed by atoms with Gasteiger partial charge in [-0.3, -0.25) is 9.59 Å². The van der Waals surface area contributed by atoms with E-state index in [2.05, 4.69) is 5.32 Å². The van der Waals surface area contributed by atoms with Crippen LogP contribution in [-0.2, 0) is 11.2 Å². The molecule has 0 saturated carbocycles. The molecule has 1 fully saturated rings. The molecule has 0 aliphatic carbocycles. The number of hydrogen-bond acceptors (Lipinski definition) is 4. The normalized spacial score (nSPS) is 25.4. The minimum absolute atomic E-state index is 0.0772. The molecule has 2 aliphatic rings. The van der Waals surface area contributed by atoms with E-state index in [-0.39, 0.29) is 24.9 Å². The highest BCUT2D eigenvalue weighted by atomic mass is 16.3. The second-order valence-corrected chi connectivity index (χ2v) is 4.94. The van der Waals surface area contributed by atoms with Gasteiger partial charge in [-0.25, -0.2) is 0 Å². The molecular weight excluding hydrogens is 248 g/mol. The molecule has 2 amide bonds. The predicted octanol–water partition coefficient (Wildman–Crippen LogP) is -0.641. The second kappa shape index (κ2) is 4.32. The summed E-state index contributed by atoms with van der Waals surface area (Å²) in [5.41, 5.74) is 1.99. The minimum Gasteiger partial charge on any atom is -0.388 e. The van der Waals surface area contributed by atoms with E-state index in [1.807, 2.05) is 0 Å². The monoisotopic (exact) mass is 262 g/mol. The third-order valence-corrected chi connectivity index (χ3v) is 3.53. The lowest BCUT2D eigenvalue weighted by molar-refractivity contribution is -0.115. The molecule has 2 unspecified atom stereocenters. The molecule has 19 heavy (non-hydrogen) atoms. The van der Waals surface area contributed by atoms with E-state index in [4.69, 9.17) is 0 Å². The summed E-state index contributed by atoms with van der Waals surface area (Å²) in [6, 6.07) is 5.06. The van der Waals surface area contributed by atoms with Crippen LogP contribution in [0.3, 0.4) is 0 Å². The van der Waals surface area contributed by atoms with Crippen LogP contribution in [0, 0.1) is 0 Å². The molecule has 0 aromatic heterocycles. The molecule has 0 bridgehead atoms. The number of anilines is 1. The highest BCUT2D eigenvalue weighted by Gasteiger charge is 2.33. The van der Waals surface area contributed by atoms with Gasteiger partial charge in [-0.05, 0) is 17.7 Å². The Morgan fingerprint density at radius 2 is 1.95 bits per heavy atom. The Kier molecular flexibility index (Phi) is 2.76. The summed E-state index contributed by atoms with van der Waals surface area (Å²) < 4.78 is 0. The maximum absolute atomic E-state index is 12.2. The lowest BCUT2D eigenvalue weighted by Gasteiger charge is -2.15. The molecule has 0 spiro atoms. The Hall–Kier alpha value is -1.92. The van der Waals surface area contributed by atoms with E-state index in [9.17, 15) is 19.8 Å². The molecule has 1 aromatic rings. The molecule has 3 N–H and O–H groups in total. The SMILES string of the molecule is O=C1Cc2ccc(C(=O)N3CC(O)C(O)C3)cc2N1. The highest BCUT2D eigenvalue weighted by molar-refractivity contribution is 6.02. The van der Waals surface area contributed by atoms with Crippen molar-refractivity contribution in [3.05, 3.63) is 29.3 Å². The molecule has 6 nitrogen and oxygen atoms in total. The standard InChI is InChI=1S/C13H14N2O4/c16-10-5-15(6-11(10)17)13(19)8-2-1-7-4-12(18)14-9(7)3-8/h1-3,10-11,16-17H,4-6H2,(H,14,18). The summed E-state index contributed by atoms with van der Waals surface area (Å²) in [6.07, 6.45) is -1.44. The summed E-state index contributed by atoms with van der Waals surface area (Å²) in [5, 5.41) is 21.6. The van der Waals surface area contributed by atoms with Gasteiger partial charge in [0.2, 0.25) is 5.91 Å². The van der Waals surface area contributed by atoms with Crippen LogP contribution in [0.1, 0.15) is 15.9 Å². The zero-order valence-corrected chi connectivity index (χ0v) is 10.2. The van der Waals surface area contributed by atoms with Gasteiger partial charge in [0.25, 0.3) is 5.91 Å². The maximum Gasteiger partial charge on any atom is 0.254 e. The number of hydrogen-bond donors (Lipinski definition) is 3. The van der Waals surface area contributed by atoms with E-state index in [1.54, 1.807) is 18.2 Å². The van der Waals surface area contributed by atoms with Gasteiger partial charge in [-0.15, -0.1) is 0 Å². The number of likely N-dealkylation sites (tertiary alicyclic amines) is 1. The van der Waals surface area contributed by atoms with Crippen molar-refractivity contribution in [1.29, 1.82) is 0 Å². The molecule has 2 heterocycles. The molecular formula is C13H14N2O4. The highest BCUT2D eigenvalue weighted by Crippen LogP contribution is 2.25. The number of benzene rings is 1. The van der Waals surface area contributed by atoms with Crippen molar-refractivity contribution in [3.8, 4) is 0 Å². The van der Waals surface area contributed by atoms with Crippen LogP contribution in [0.25, 0.3) is 0 Å². The topological polar surface area (TPSA) is 89.9 Å². The number of nitrogens with zero attached hydrogens (tertiary/aromatic N) is 1. The van der Waals surface area contributed by atoms with Gasteiger partial charge >= 0.3 is 0 Å². The largest absolute Gasteiger partial charge is 0.388 e. The zero-order chi connectivity index (χ0) is 13.6. The van der Waals surface area contributed by atoms with Gasteiger partial charge in [-0.1, -0.05) is 6.07 Å². The van der Waals surface area contributed by atoms with Gasteiger partial charge in [0, 0.05) is 24.3 Å². The van der Waals surface area contributed by atoms with Crippen molar-refractivity contribution in [1.82, 2.24) is 4.90 Å². The Morgan fingerprint density at radius 3 is 2.63 bits per heavy atom. The number of β-amino-alcohol motifs (C(OH)–C–C–N with tert-alkyl or cyclic N) is 2. The van der Waals surface area contributed by atoms with Crippen molar-refractivity contribution < 1.29 is 19.8 Å². The van der Waals surface area contributed by atoms with Gasteiger partial charge < -0.3 is 20.4 Å². The van der Waals surface area contributed by atoms with Gasteiger partial charge in [-0.2, -0.15) is 0 Å². The van der Waals surface area contributed by atoms with E-state index in [1.165, 1.54) is 4.90 Å². The average molecular weight is 262 g/mol. The van der Waals surface area contributed by atoms with Crippen molar-refractivity contribution in [2.75, 3.05) is 18.4 Å². The van der Waals surface area contributed by atoms with Gasteiger partial charge in [0.1, 0.15) is 0 Å². The third-order valence-electron chi connectivity index (χ3n) is 3.53. The fourth-order valence-corrected chi connectivity index (χ4v) is 2.47. The zero-order valence-electron chi connectivity index (χ0n) is 10.2. The molecule has 0 radical (unpaired) electrons. The summed E-state index contributed by atoms with van der Waals surface area (Å²) in [5.74, 6) is -0.328. The minimum atomic E-state index is -0.891. The number of fused-ring (bicyclic) bond motifs is 1. The van der Waals surface area contributed by atoms with E-state index >= 15 is 0 Å². The maximum atomic E-state index is 12.2. The lowest BCUT2D eigenvalue weighted by Crippen LogP contribution is -2.29. The van der Waals surface area contributed by atoms with E-state index in [0.29, 0.717) is 17.7 Å². The first kappa shape index (κ1) is 12.1. The van der Waals surface area contributed by atoms with Crippen LogP contribution >= 0.6 is 0 Å². The van der Waals surface area contributed by atoms with Gasteiger partial charge in [0.05, 0.1) is 18.6 Å². The van der Waals surface area contributed by atoms with Crippen molar-refractivity contribution >= 4 is 17.5 Å². The fourth-order valence-electron chi connectivity index (χ4n) is 2.47. The molecule has 1 saturated heterocycles. The molecule has 1 aromatic carbocycles. The first-order valence-corrected chi connectivity index (χ1v) is 6.13. The van der Waals surface area contributed by atoms with E-state index in [0.717, 1.165) is 5.56 Å². The number of carbonyl (C=O) groups is 2. The number of amides is 2. The molecule has 6 heteroatoms. The fraction of sp³-hybridized carbons (Fsp3) is 0.385. The average Bonchev–Trinajstić information content (AvgIpc) is 2.90. The second-order valence-electron chi connectivity index (χ2n) is 4.94. The number of aliphatic hydroxyl groups is 2.